The van der Waals surface area contributed by atoms with Crippen LogP contribution in [-0.2, 0) is 0 Å². The molecule has 33 heavy (non-hydrogen) atoms. The molecule has 0 amide bonds. The average molecular weight is 466 g/mol. The van der Waals surface area contributed by atoms with Crippen molar-refractivity contribution in [2.45, 2.75) is 65.2 Å². The maximum absolute atomic E-state index is 5.87. The van der Waals surface area contributed by atoms with Crippen LogP contribution in [0.25, 0.3) is 10.6 Å². The maximum Gasteiger partial charge on any atom is 0.231 e. The van der Waals surface area contributed by atoms with E-state index in [2.05, 4.69) is 29.0 Å². The van der Waals surface area contributed by atoms with Gasteiger partial charge in [-0.3, -0.25) is 0 Å². The first kappa shape index (κ1) is 24.9. The highest BCUT2D eigenvalue weighted by molar-refractivity contribution is 7.18. The summed E-state index contributed by atoms with van der Waals surface area (Å²) in [7, 11) is 0. The second-order valence-corrected chi connectivity index (χ2v) is 9.02. The Morgan fingerprint density at radius 2 is 1.33 bits per heavy atom. The van der Waals surface area contributed by atoms with Crippen LogP contribution in [0.3, 0.4) is 0 Å². The van der Waals surface area contributed by atoms with Gasteiger partial charge in [0, 0.05) is 11.8 Å². The molecule has 0 saturated carbocycles. The van der Waals surface area contributed by atoms with E-state index < -0.39 is 0 Å². The minimum atomic E-state index is 0.636. The average Bonchev–Trinajstić information content (AvgIpc) is 3.33. The van der Waals surface area contributed by atoms with Crippen molar-refractivity contribution in [2.24, 2.45) is 4.99 Å². The third-order valence-electron chi connectivity index (χ3n) is 5.25. The first-order chi connectivity index (χ1) is 16.3. The fraction of sp³-hybridized carbons (Fsp3) is 0.444. The smallest absolute Gasteiger partial charge is 0.231 e. The first-order valence-corrected chi connectivity index (χ1v) is 12.9. The lowest BCUT2D eigenvalue weighted by Gasteiger charge is -2.06. The second kappa shape index (κ2) is 14.4. The monoisotopic (exact) mass is 465 g/mol. The van der Waals surface area contributed by atoms with E-state index in [1.807, 2.05) is 48.5 Å². The van der Waals surface area contributed by atoms with Crippen LogP contribution >= 0.6 is 11.3 Å². The van der Waals surface area contributed by atoms with E-state index in [9.17, 15) is 0 Å². The van der Waals surface area contributed by atoms with Crippen molar-refractivity contribution in [1.29, 1.82) is 0 Å². The topological polar surface area (TPSA) is 56.6 Å². The predicted octanol–water partition coefficient (Wildman–Crippen LogP) is 7.87. The highest BCUT2D eigenvalue weighted by Crippen LogP contribution is 2.29. The van der Waals surface area contributed by atoms with E-state index in [1.165, 1.54) is 43.4 Å². The molecule has 0 aliphatic carbocycles. The molecule has 5 nitrogen and oxygen atoms in total. The minimum absolute atomic E-state index is 0.636. The molecule has 3 aromatic rings. The van der Waals surface area contributed by atoms with E-state index in [4.69, 9.17) is 9.47 Å². The molecule has 0 aliphatic heterocycles. The molecule has 6 heteroatoms. The van der Waals surface area contributed by atoms with Crippen LogP contribution in [0.15, 0.2) is 53.5 Å². The molecule has 0 spiro atoms. The van der Waals surface area contributed by atoms with Gasteiger partial charge in [0.05, 0.1) is 13.2 Å². The lowest BCUT2D eigenvalue weighted by molar-refractivity contribution is 0.304. The Kier molecular flexibility index (Phi) is 10.9. The zero-order valence-electron chi connectivity index (χ0n) is 19.8. The molecule has 0 unspecified atom stereocenters. The molecular weight excluding hydrogens is 430 g/mol. The number of hydrogen-bond donors (Lipinski definition) is 0. The Labute approximate surface area is 201 Å². The molecule has 0 aliphatic rings. The van der Waals surface area contributed by atoms with Gasteiger partial charge in [-0.2, -0.15) is 0 Å². The maximum atomic E-state index is 5.87. The molecule has 3 rings (SSSR count). The van der Waals surface area contributed by atoms with E-state index in [1.54, 1.807) is 6.21 Å². The number of ether oxygens (including phenoxy) is 2. The summed E-state index contributed by atoms with van der Waals surface area (Å²) < 4.78 is 11.6. The van der Waals surface area contributed by atoms with Crippen LogP contribution in [0.2, 0.25) is 0 Å². The highest BCUT2D eigenvalue weighted by Gasteiger charge is 2.06. The molecule has 0 atom stereocenters. The van der Waals surface area contributed by atoms with Crippen molar-refractivity contribution in [1.82, 2.24) is 10.2 Å². The van der Waals surface area contributed by atoms with E-state index in [0.717, 1.165) is 60.1 Å². The quantitative estimate of drug-likeness (QED) is 0.169. The van der Waals surface area contributed by atoms with Crippen LogP contribution in [0.1, 0.15) is 70.8 Å². The zero-order valence-corrected chi connectivity index (χ0v) is 20.7. The molecule has 1 aromatic heterocycles. The molecule has 0 radical (unpaired) electrons. The Morgan fingerprint density at radius 1 is 0.727 bits per heavy atom. The van der Waals surface area contributed by atoms with Gasteiger partial charge < -0.3 is 9.47 Å². The highest BCUT2D eigenvalue weighted by atomic mass is 32.1. The summed E-state index contributed by atoms with van der Waals surface area (Å²) in [4.78, 5) is 4.48. The third kappa shape index (κ3) is 8.97. The van der Waals surface area contributed by atoms with Gasteiger partial charge in [0.15, 0.2) is 0 Å². The number of nitrogens with zero attached hydrogens (tertiary/aromatic N) is 3. The Hall–Kier alpha value is -2.73. The summed E-state index contributed by atoms with van der Waals surface area (Å²) in [5, 5.41) is 9.98. The molecule has 0 N–H and O–H groups in total. The third-order valence-corrected chi connectivity index (χ3v) is 6.13. The van der Waals surface area contributed by atoms with E-state index in [0.29, 0.717) is 5.13 Å². The predicted molar refractivity (Wildman–Crippen MR) is 138 cm³/mol. The van der Waals surface area contributed by atoms with Gasteiger partial charge in [0.1, 0.15) is 16.5 Å². The summed E-state index contributed by atoms with van der Waals surface area (Å²) in [5.74, 6) is 1.79. The number of rotatable bonds is 15. The van der Waals surface area contributed by atoms with Gasteiger partial charge in [-0.05, 0) is 66.9 Å². The van der Waals surface area contributed by atoms with E-state index in [-0.39, 0.29) is 0 Å². The molecule has 0 bridgehead atoms. The van der Waals surface area contributed by atoms with Crippen molar-refractivity contribution < 1.29 is 9.47 Å². The lowest BCUT2D eigenvalue weighted by Crippen LogP contribution is -1.97. The molecular formula is C27H35N3O2S. The summed E-state index contributed by atoms with van der Waals surface area (Å²) in [5.41, 5.74) is 2.02. The summed E-state index contributed by atoms with van der Waals surface area (Å²) in [6, 6.07) is 16.0. The van der Waals surface area contributed by atoms with Gasteiger partial charge in [-0.1, -0.05) is 63.7 Å². The summed E-state index contributed by atoms with van der Waals surface area (Å²) in [6.07, 6.45) is 11.6. The largest absolute Gasteiger partial charge is 0.494 e. The van der Waals surface area contributed by atoms with Gasteiger partial charge >= 0.3 is 0 Å². The lowest BCUT2D eigenvalue weighted by atomic mass is 10.1. The normalized spacial score (nSPS) is 11.2. The zero-order chi connectivity index (χ0) is 23.1. The minimum Gasteiger partial charge on any atom is -0.494 e. The van der Waals surface area contributed by atoms with Crippen LogP contribution in [-0.4, -0.2) is 29.6 Å². The van der Waals surface area contributed by atoms with Gasteiger partial charge in [-0.15, -0.1) is 10.2 Å². The fourth-order valence-corrected chi connectivity index (χ4v) is 3.96. The number of unbranched alkanes of at least 4 members (excludes halogenated alkanes) is 6. The number of hydrogen-bond acceptors (Lipinski definition) is 6. The van der Waals surface area contributed by atoms with Crippen LogP contribution < -0.4 is 9.47 Å². The van der Waals surface area contributed by atoms with Crippen LogP contribution in [0.5, 0.6) is 11.5 Å². The molecule has 2 aromatic carbocycles. The number of aromatic nitrogens is 2. The Balaban J connectivity index is 1.45. The summed E-state index contributed by atoms with van der Waals surface area (Å²) >= 11 is 1.47. The van der Waals surface area contributed by atoms with Crippen molar-refractivity contribution in [3.8, 4) is 22.1 Å². The van der Waals surface area contributed by atoms with Crippen molar-refractivity contribution in [2.75, 3.05) is 13.2 Å². The Bertz CT molecular complexity index is 952. The van der Waals surface area contributed by atoms with Crippen molar-refractivity contribution >= 4 is 22.7 Å². The number of benzene rings is 2. The second-order valence-electron chi connectivity index (χ2n) is 8.06. The van der Waals surface area contributed by atoms with Crippen molar-refractivity contribution in [3.05, 3.63) is 54.1 Å². The standard InChI is InChI=1S/C27H35N3O2S/c1-3-5-7-8-9-10-20-32-25-17-13-23(14-18-25)26-29-30-27(33-26)28-21-22-11-15-24(16-12-22)31-19-6-4-2/h11-18,21H,3-10,19-20H2,1-2H3/b28-21+. The van der Waals surface area contributed by atoms with Gasteiger partial charge in [0.25, 0.3) is 0 Å². The first-order valence-electron chi connectivity index (χ1n) is 12.1. The van der Waals surface area contributed by atoms with Crippen LogP contribution in [0.4, 0.5) is 5.13 Å². The van der Waals surface area contributed by atoms with Gasteiger partial charge in [-0.25, -0.2) is 4.99 Å². The number of aliphatic imine (C=N–C) groups is 1. The van der Waals surface area contributed by atoms with E-state index >= 15 is 0 Å². The molecule has 0 saturated heterocycles. The van der Waals surface area contributed by atoms with Crippen molar-refractivity contribution in [3.63, 3.8) is 0 Å². The molecule has 0 fully saturated rings. The van der Waals surface area contributed by atoms with Gasteiger partial charge in [0.2, 0.25) is 5.13 Å². The molecule has 1 heterocycles. The summed E-state index contributed by atoms with van der Waals surface area (Å²) in [6.45, 7) is 5.93. The van der Waals surface area contributed by atoms with Crippen LogP contribution in [0, 0.1) is 0 Å². The fourth-order valence-electron chi connectivity index (χ4n) is 3.26. The SMILES string of the molecule is CCCCCCCCOc1ccc(-c2nnc(/N=C/c3ccc(OCCCC)cc3)s2)cc1. The Morgan fingerprint density at radius 3 is 2.03 bits per heavy atom. The molecule has 176 valence electrons.